The van der Waals surface area contributed by atoms with Crippen molar-refractivity contribution in [3.05, 3.63) is 29.8 Å². The molecule has 5 heteroatoms. The molecule has 0 saturated heterocycles. The summed E-state index contributed by atoms with van der Waals surface area (Å²) in [6, 6.07) is 7.45. The van der Waals surface area contributed by atoms with Crippen LogP contribution in [0.25, 0.3) is 0 Å². The van der Waals surface area contributed by atoms with Gasteiger partial charge in [0.05, 0.1) is 25.7 Å². The summed E-state index contributed by atoms with van der Waals surface area (Å²) in [6.45, 7) is 7.95. The minimum Gasteiger partial charge on any atom is -0.379 e. The highest BCUT2D eigenvalue weighted by Gasteiger charge is 2.16. The van der Waals surface area contributed by atoms with Crippen LogP contribution in [0.15, 0.2) is 24.3 Å². The average molecular weight is 294 g/mol. The standard InChI is InChI=1S/C16H26N2O3/c1-4-20-8-9-21-11-14-6-5-7-15(10-14)18-16(19)12(2)13(3)17/h5-7,10,12-13H,4,8-9,11,17H2,1-3H3,(H,18,19). The molecule has 21 heavy (non-hydrogen) atoms. The molecular weight excluding hydrogens is 268 g/mol. The Morgan fingerprint density at radius 3 is 2.67 bits per heavy atom. The molecule has 1 amide bonds. The predicted molar refractivity (Wildman–Crippen MR) is 84.0 cm³/mol. The number of hydrogen-bond donors (Lipinski definition) is 2. The normalized spacial score (nSPS) is 13.7. The zero-order valence-electron chi connectivity index (χ0n) is 13.1. The summed E-state index contributed by atoms with van der Waals surface area (Å²) in [5, 5.41) is 2.87. The number of anilines is 1. The largest absolute Gasteiger partial charge is 0.379 e. The molecule has 0 aliphatic heterocycles. The Morgan fingerprint density at radius 1 is 1.29 bits per heavy atom. The third-order valence-corrected chi connectivity index (χ3v) is 3.24. The van der Waals surface area contributed by atoms with Gasteiger partial charge in [-0.15, -0.1) is 0 Å². The maximum absolute atomic E-state index is 12.0. The molecule has 118 valence electrons. The van der Waals surface area contributed by atoms with Gasteiger partial charge in [-0.3, -0.25) is 4.79 Å². The molecule has 0 heterocycles. The lowest BCUT2D eigenvalue weighted by atomic mass is 10.0. The molecule has 0 fully saturated rings. The van der Waals surface area contributed by atoms with Gasteiger partial charge in [-0.05, 0) is 31.5 Å². The lowest BCUT2D eigenvalue weighted by Gasteiger charge is -2.15. The van der Waals surface area contributed by atoms with E-state index >= 15 is 0 Å². The van der Waals surface area contributed by atoms with Gasteiger partial charge < -0.3 is 20.5 Å². The maximum atomic E-state index is 12.0. The molecule has 0 aromatic heterocycles. The number of amides is 1. The highest BCUT2D eigenvalue weighted by Crippen LogP contribution is 2.13. The molecule has 2 unspecified atom stereocenters. The molecule has 0 saturated carbocycles. The third-order valence-electron chi connectivity index (χ3n) is 3.24. The Balaban J connectivity index is 2.46. The summed E-state index contributed by atoms with van der Waals surface area (Å²) in [6.07, 6.45) is 0. The van der Waals surface area contributed by atoms with Crippen molar-refractivity contribution in [2.24, 2.45) is 11.7 Å². The topological polar surface area (TPSA) is 73.6 Å². The van der Waals surface area contributed by atoms with E-state index in [1.807, 2.05) is 45.0 Å². The van der Waals surface area contributed by atoms with Gasteiger partial charge in [0, 0.05) is 18.3 Å². The summed E-state index contributed by atoms with van der Waals surface area (Å²) in [7, 11) is 0. The smallest absolute Gasteiger partial charge is 0.228 e. The van der Waals surface area contributed by atoms with Crippen molar-refractivity contribution in [1.82, 2.24) is 0 Å². The maximum Gasteiger partial charge on any atom is 0.228 e. The van der Waals surface area contributed by atoms with Crippen LogP contribution in [0.5, 0.6) is 0 Å². The van der Waals surface area contributed by atoms with Gasteiger partial charge in [0.1, 0.15) is 0 Å². The molecule has 0 spiro atoms. The molecule has 3 N–H and O–H groups in total. The van der Waals surface area contributed by atoms with Crippen LogP contribution >= 0.6 is 0 Å². The first-order valence-corrected chi connectivity index (χ1v) is 7.35. The number of rotatable bonds is 9. The molecule has 0 aliphatic carbocycles. The van der Waals surface area contributed by atoms with Crippen LogP contribution in [0.3, 0.4) is 0 Å². The minimum absolute atomic E-state index is 0.0700. The summed E-state index contributed by atoms with van der Waals surface area (Å²) < 4.78 is 10.7. The molecular formula is C16H26N2O3. The van der Waals surface area contributed by atoms with Crippen LogP contribution < -0.4 is 11.1 Å². The number of ether oxygens (including phenoxy) is 2. The van der Waals surface area contributed by atoms with Crippen LogP contribution in [0.4, 0.5) is 5.69 Å². The molecule has 0 bridgehead atoms. The van der Waals surface area contributed by atoms with Crippen molar-refractivity contribution < 1.29 is 14.3 Å². The van der Waals surface area contributed by atoms with Crippen LogP contribution in [0.1, 0.15) is 26.3 Å². The van der Waals surface area contributed by atoms with E-state index in [-0.39, 0.29) is 17.9 Å². The Kier molecular flexibility index (Phi) is 7.97. The number of carbonyl (C=O) groups is 1. The zero-order chi connectivity index (χ0) is 15.7. The molecule has 0 radical (unpaired) electrons. The van der Waals surface area contributed by atoms with E-state index < -0.39 is 0 Å². The van der Waals surface area contributed by atoms with Gasteiger partial charge >= 0.3 is 0 Å². The zero-order valence-corrected chi connectivity index (χ0v) is 13.1. The van der Waals surface area contributed by atoms with Crippen molar-refractivity contribution in [2.45, 2.75) is 33.4 Å². The van der Waals surface area contributed by atoms with Gasteiger partial charge in [0.2, 0.25) is 5.91 Å². The molecule has 1 aromatic rings. The molecule has 5 nitrogen and oxygen atoms in total. The van der Waals surface area contributed by atoms with Crippen molar-refractivity contribution in [1.29, 1.82) is 0 Å². The fourth-order valence-corrected chi connectivity index (χ4v) is 1.69. The van der Waals surface area contributed by atoms with Gasteiger partial charge in [-0.1, -0.05) is 19.1 Å². The van der Waals surface area contributed by atoms with Crippen molar-refractivity contribution in [2.75, 3.05) is 25.1 Å². The van der Waals surface area contributed by atoms with Gasteiger partial charge in [-0.2, -0.15) is 0 Å². The predicted octanol–water partition coefficient (Wildman–Crippen LogP) is 2.16. The first kappa shape index (κ1) is 17.6. The molecule has 2 atom stereocenters. The number of nitrogens with two attached hydrogens (primary N) is 1. The average Bonchev–Trinajstić information content (AvgIpc) is 2.46. The fraction of sp³-hybridized carbons (Fsp3) is 0.562. The number of nitrogens with one attached hydrogen (secondary N) is 1. The lowest BCUT2D eigenvalue weighted by molar-refractivity contribution is -0.119. The Labute approximate surface area is 126 Å². The summed E-state index contributed by atoms with van der Waals surface area (Å²) in [5.41, 5.74) is 7.51. The molecule has 1 aromatic carbocycles. The molecule has 1 rings (SSSR count). The van der Waals surface area contributed by atoms with Crippen molar-refractivity contribution in [3.8, 4) is 0 Å². The lowest BCUT2D eigenvalue weighted by Crippen LogP contribution is -2.34. The third kappa shape index (κ3) is 6.71. The SMILES string of the molecule is CCOCCOCc1cccc(NC(=O)C(C)C(C)N)c1. The number of benzene rings is 1. The first-order chi connectivity index (χ1) is 10.0. The minimum atomic E-state index is -0.226. The van der Waals surface area contributed by atoms with Gasteiger partial charge in [-0.25, -0.2) is 0 Å². The van der Waals surface area contributed by atoms with E-state index in [0.29, 0.717) is 26.4 Å². The summed E-state index contributed by atoms with van der Waals surface area (Å²) >= 11 is 0. The second kappa shape index (κ2) is 9.50. The first-order valence-electron chi connectivity index (χ1n) is 7.35. The van der Waals surface area contributed by atoms with E-state index in [1.54, 1.807) is 0 Å². The fourth-order valence-electron chi connectivity index (χ4n) is 1.69. The molecule has 0 aliphatic rings. The van der Waals surface area contributed by atoms with Crippen LogP contribution in [-0.2, 0) is 20.9 Å². The highest BCUT2D eigenvalue weighted by atomic mass is 16.5. The van der Waals surface area contributed by atoms with E-state index in [9.17, 15) is 4.79 Å². The Hall–Kier alpha value is -1.43. The van der Waals surface area contributed by atoms with E-state index in [0.717, 1.165) is 11.3 Å². The van der Waals surface area contributed by atoms with E-state index in [1.165, 1.54) is 0 Å². The summed E-state index contributed by atoms with van der Waals surface area (Å²) in [5.74, 6) is -0.296. The van der Waals surface area contributed by atoms with Crippen molar-refractivity contribution in [3.63, 3.8) is 0 Å². The second-order valence-electron chi connectivity index (χ2n) is 5.09. The van der Waals surface area contributed by atoms with E-state index in [2.05, 4.69) is 5.32 Å². The Bertz CT molecular complexity index is 435. The monoisotopic (exact) mass is 294 g/mol. The van der Waals surface area contributed by atoms with Crippen LogP contribution in [0, 0.1) is 5.92 Å². The van der Waals surface area contributed by atoms with Crippen LogP contribution in [0.2, 0.25) is 0 Å². The quantitative estimate of drug-likeness (QED) is 0.685. The number of hydrogen-bond acceptors (Lipinski definition) is 4. The second-order valence-corrected chi connectivity index (χ2v) is 5.09. The van der Waals surface area contributed by atoms with E-state index in [4.69, 9.17) is 15.2 Å². The Morgan fingerprint density at radius 2 is 2.00 bits per heavy atom. The van der Waals surface area contributed by atoms with Crippen molar-refractivity contribution >= 4 is 11.6 Å². The van der Waals surface area contributed by atoms with Gasteiger partial charge in [0.15, 0.2) is 0 Å². The summed E-state index contributed by atoms with van der Waals surface area (Å²) in [4.78, 5) is 12.0. The van der Waals surface area contributed by atoms with Crippen LogP contribution in [-0.4, -0.2) is 31.8 Å². The number of carbonyl (C=O) groups excluding carboxylic acids is 1. The van der Waals surface area contributed by atoms with Gasteiger partial charge in [0.25, 0.3) is 0 Å². The highest BCUT2D eigenvalue weighted by molar-refractivity contribution is 5.92.